The molecule has 9 aliphatic carbocycles. The fourth-order valence-electron chi connectivity index (χ4n) is 9.55. The van der Waals surface area contributed by atoms with Crippen LogP contribution in [0.3, 0.4) is 0 Å². The summed E-state index contributed by atoms with van der Waals surface area (Å²) < 4.78 is 0. The third-order valence-corrected chi connectivity index (χ3v) is 12.1. The summed E-state index contributed by atoms with van der Waals surface area (Å²) in [4.78, 5) is 0. The highest BCUT2D eigenvalue weighted by molar-refractivity contribution is 5.70. The fourth-order valence-corrected chi connectivity index (χ4v) is 9.55. The van der Waals surface area contributed by atoms with Gasteiger partial charge >= 0.3 is 0 Å². The Bertz CT molecular complexity index is 968. The van der Waals surface area contributed by atoms with Gasteiger partial charge < -0.3 is 15.3 Å². The molecule has 14 atom stereocenters. The summed E-state index contributed by atoms with van der Waals surface area (Å²) in [5.41, 5.74) is 5.98. The van der Waals surface area contributed by atoms with E-state index in [9.17, 15) is 15.3 Å². The first-order chi connectivity index (χ1) is 13.4. The van der Waals surface area contributed by atoms with Crippen molar-refractivity contribution in [3.8, 4) is 0 Å². The molecular formula is C25H30O3. The Morgan fingerprint density at radius 3 is 2.29 bits per heavy atom. The van der Waals surface area contributed by atoms with Crippen LogP contribution in [0.4, 0.5) is 0 Å². The van der Waals surface area contributed by atoms with E-state index in [-0.39, 0.29) is 23.7 Å². The molecule has 0 aromatic rings. The van der Waals surface area contributed by atoms with Crippen molar-refractivity contribution in [3.05, 3.63) is 22.3 Å². The van der Waals surface area contributed by atoms with Crippen molar-refractivity contribution in [2.24, 2.45) is 75.9 Å². The molecule has 0 aromatic heterocycles. The van der Waals surface area contributed by atoms with Crippen molar-refractivity contribution >= 4 is 0 Å². The Labute approximate surface area is 165 Å². The van der Waals surface area contributed by atoms with Crippen LogP contribution < -0.4 is 0 Å². The molecule has 3 heteroatoms. The highest BCUT2D eigenvalue weighted by Gasteiger charge is 3.06. The Morgan fingerprint density at radius 2 is 1.75 bits per heavy atom. The second-order valence-corrected chi connectivity index (χ2v) is 12.5. The maximum absolute atomic E-state index is 11.3. The van der Waals surface area contributed by atoms with Crippen LogP contribution in [0.25, 0.3) is 0 Å². The first-order valence-corrected chi connectivity index (χ1v) is 11.9. The minimum absolute atomic E-state index is 0.110. The fraction of sp³-hybridized carbons (Fsp3) is 0.840. The lowest BCUT2D eigenvalue weighted by molar-refractivity contribution is -0.0287. The topological polar surface area (TPSA) is 60.7 Å². The van der Waals surface area contributed by atoms with Gasteiger partial charge in [0.15, 0.2) is 0 Å². The van der Waals surface area contributed by atoms with Crippen LogP contribution in [0.5, 0.6) is 0 Å². The van der Waals surface area contributed by atoms with Crippen LogP contribution in [0, 0.1) is 75.9 Å². The summed E-state index contributed by atoms with van der Waals surface area (Å²) in [6.45, 7) is 6.99. The number of allylic oxidation sites excluding steroid dienone is 1. The van der Waals surface area contributed by atoms with Gasteiger partial charge in [-0.2, -0.15) is 0 Å². The predicted octanol–water partition coefficient (Wildman–Crippen LogP) is 2.38. The van der Waals surface area contributed by atoms with Gasteiger partial charge in [0.25, 0.3) is 0 Å². The quantitative estimate of drug-likeness (QED) is 0.569. The van der Waals surface area contributed by atoms with E-state index in [1.54, 1.807) is 0 Å². The highest BCUT2D eigenvalue weighted by Crippen LogP contribution is 3.06. The van der Waals surface area contributed by atoms with E-state index in [0.29, 0.717) is 35.0 Å². The minimum atomic E-state index is -0.273. The standard InChI is InChI=1S/C25H30O3/c1-4-24(3,16-9-6(2)10(9)16)23(28)20-18-17-19(25(17,18)20)22(27)15-12-13(15)14(12)21(26)11-7-5-8(7)11/h6-7,9-10,12,15-23,26-28H,4-5H2,1-3H3. The van der Waals surface area contributed by atoms with E-state index >= 15 is 0 Å². The lowest BCUT2D eigenvalue weighted by Gasteiger charge is -2.38. The van der Waals surface area contributed by atoms with Gasteiger partial charge in [-0.1, -0.05) is 31.9 Å². The molecule has 14 unspecified atom stereocenters. The molecule has 0 aromatic carbocycles. The van der Waals surface area contributed by atoms with Crippen molar-refractivity contribution in [2.45, 2.75) is 51.9 Å². The van der Waals surface area contributed by atoms with Gasteiger partial charge in [-0.05, 0) is 82.2 Å². The van der Waals surface area contributed by atoms with Crippen LogP contribution >= 0.6 is 0 Å². The first kappa shape index (κ1) is 15.2. The van der Waals surface area contributed by atoms with E-state index in [1.807, 2.05) is 0 Å². The molecule has 0 bridgehead atoms. The second kappa shape index (κ2) is 3.74. The van der Waals surface area contributed by atoms with Gasteiger partial charge in [0.05, 0.1) is 18.3 Å². The number of rotatable bonds is 8. The number of hydrogen-bond donors (Lipinski definition) is 3. The molecule has 0 aliphatic heterocycles. The maximum Gasteiger partial charge on any atom is 0.0978 e. The van der Waals surface area contributed by atoms with Crippen LogP contribution in [-0.4, -0.2) is 33.6 Å². The molecule has 3 nitrogen and oxygen atoms in total. The molecule has 0 saturated heterocycles. The molecule has 0 radical (unpaired) electrons. The van der Waals surface area contributed by atoms with Gasteiger partial charge in [0.1, 0.15) is 0 Å². The van der Waals surface area contributed by atoms with Crippen LogP contribution in [0.15, 0.2) is 22.3 Å². The molecular weight excluding hydrogens is 348 g/mol. The Hall–Kier alpha value is -0.640. The Kier molecular flexibility index (Phi) is 2.03. The minimum Gasteiger partial charge on any atom is -0.392 e. The third-order valence-electron chi connectivity index (χ3n) is 12.1. The van der Waals surface area contributed by atoms with Crippen LogP contribution in [-0.2, 0) is 0 Å². The van der Waals surface area contributed by atoms with Gasteiger partial charge in [0, 0.05) is 17.8 Å². The first-order valence-electron chi connectivity index (χ1n) is 11.9. The molecule has 9 rings (SSSR count). The van der Waals surface area contributed by atoms with Crippen molar-refractivity contribution in [2.75, 3.05) is 0 Å². The van der Waals surface area contributed by atoms with E-state index in [2.05, 4.69) is 20.8 Å². The number of aliphatic hydroxyl groups is 3. The maximum atomic E-state index is 11.3. The average molecular weight is 379 g/mol. The second-order valence-electron chi connectivity index (χ2n) is 12.5. The monoisotopic (exact) mass is 378 g/mol. The normalized spacial score (nSPS) is 65.6. The molecule has 9 aliphatic rings. The smallest absolute Gasteiger partial charge is 0.0978 e. The molecule has 3 N–H and O–H groups in total. The van der Waals surface area contributed by atoms with E-state index in [0.717, 1.165) is 41.9 Å². The number of fused-ring (bicyclic) bond motifs is 4. The van der Waals surface area contributed by atoms with Crippen LogP contribution in [0.2, 0.25) is 0 Å². The molecule has 7 fully saturated rings. The van der Waals surface area contributed by atoms with Gasteiger partial charge in [-0.3, -0.25) is 0 Å². The lowest BCUT2D eigenvalue weighted by atomic mass is 9.69. The molecule has 0 heterocycles. The average Bonchev–Trinajstić information content (AvgIpc) is 3.40. The van der Waals surface area contributed by atoms with Crippen molar-refractivity contribution in [3.63, 3.8) is 0 Å². The Morgan fingerprint density at radius 1 is 1.11 bits per heavy atom. The predicted molar refractivity (Wildman–Crippen MR) is 102 cm³/mol. The zero-order valence-corrected chi connectivity index (χ0v) is 16.8. The van der Waals surface area contributed by atoms with Gasteiger partial charge in [-0.15, -0.1) is 0 Å². The summed E-state index contributed by atoms with van der Waals surface area (Å²) in [7, 11) is 0. The summed E-state index contributed by atoms with van der Waals surface area (Å²) in [6.07, 6.45) is 1.71. The highest BCUT2D eigenvalue weighted by atomic mass is 16.3. The van der Waals surface area contributed by atoms with E-state index < -0.39 is 0 Å². The van der Waals surface area contributed by atoms with Gasteiger partial charge in [0.2, 0.25) is 0 Å². The largest absolute Gasteiger partial charge is 0.392 e. The molecule has 148 valence electrons. The lowest BCUT2D eigenvalue weighted by Crippen LogP contribution is -2.40. The van der Waals surface area contributed by atoms with Crippen molar-refractivity contribution in [1.29, 1.82) is 0 Å². The number of hydrogen-bond acceptors (Lipinski definition) is 3. The summed E-state index contributed by atoms with van der Waals surface area (Å²) in [5.74, 6) is 7.42. The molecule has 28 heavy (non-hydrogen) atoms. The zero-order chi connectivity index (χ0) is 18.8. The van der Waals surface area contributed by atoms with Crippen molar-refractivity contribution < 1.29 is 15.3 Å². The Balaban J connectivity index is 0.891. The summed E-state index contributed by atoms with van der Waals surface area (Å²) in [6, 6.07) is 0. The van der Waals surface area contributed by atoms with Crippen molar-refractivity contribution in [1.82, 2.24) is 0 Å². The molecule has 0 amide bonds. The van der Waals surface area contributed by atoms with Crippen LogP contribution in [0.1, 0.15) is 33.6 Å². The molecule has 7 saturated carbocycles. The van der Waals surface area contributed by atoms with E-state index in [4.69, 9.17) is 0 Å². The molecule has 1 spiro atoms. The SMILES string of the molecule is CCC(C)(C(O)C1C2C3C(C(O)C4C5=C(C(O)C6=C7CC76)C54)C132)C1C2C(C)C21. The summed E-state index contributed by atoms with van der Waals surface area (Å²) in [5, 5.41) is 32.7. The summed E-state index contributed by atoms with van der Waals surface area (Å²) >= 11 is 0. The third kappa shape index (κ3) is 1.28. The van der Waals surface area contributed by atoms with Gasteiger partial charge in [-0.25, -0.2) is 0 Å². The number of aliphatic hydroxyl groups excluding tert-OH is 3. The van der Waals surface area contributed by atoms with E-state index in [1.165, 1.54) is 28.7 Å². The zero-order valence-electron chi connectivity index (χ0n) is 16.8.